The number of benzene rings is 10. The van der Waals surface area contributed by atoms with Crippen molar-refractivity contribution in [2.75, 3.05) is 9.80 Å². The summed E-state index contributed by atoms with van der Waals surface area (Å²) in [5.41, 5.74) is 15.6. The molecule has 0 atom stereocenters. The molecule has 0 fully saturated rings. The highest BCUT2D eigenvalue weighted by Crippen LogP contribution is 2.46. The van der Waals surface area contributed by atoms with Crippen LogP contribution in [0.2, 0.25) is 0 Å². The van der Waals surface area contributed by atoms with Crippen LogP contribution in [0.25, 0.3) is 65.4 Å². The highest BCUT2D eigenvalue weighted by atomic mass is 32.2. The first kappa shape index (κ1) is 37.7. The Kier molecular flexibility index (Phi) is 7.95. The molecule has 312 valence electrons. The van der Waals surface area contributed by atoms with Gasteiger partial charge in [0.2, 0.25) is 6.71 Å². The van der Waals surface area contributed by atoms with E-state index >= 15 is 0 Å². The fourth-order valence-electron chi connectivity index (χ4n) is 10.8. The third-order valence-corrected chi connectivity index (χ3v) is 15.2. The van der Waals surface area contributed by atoms with Gasteiger partial charge < -0.3 is 18.6 Å². The summed E-state index contributed by atoms with van der Waals surface area (Å²) >= 11 is 1.88. The van der Waals surface area contributed by atoms with Gasteiger partial charge in [-0.2, -0.15) is 0 Å². The highest BCUT2D eigenvalue weighted by Gasteiger charge is 2.41. The molecule has 4 heterocycles. The van der Waals surface area contributed by atoms with Crippen LogP contribution < -0.4 is 26.2 Å². The summed E-state index contributed by atoms with van der Waals surface area (Å²) in [5, 5.41) is 9.42. The molecule has 4 nitrogen and oxygen atoms in total. The van der Waals surface area contributed by atoms with E-state index < -0.39 is 0 Å². The Morgan fingerprint density at radius 2 is 1.05 bits per heavy atom. The number of hydrogen-bond donors (Lipinski definition) is 0. The maximum atomic E-state index is 6.61. The molecule has 0 saturated heterocycles. The van der Waals surface area contributed by atoms with Crippen LogP contribution in [0.5, 0.6) is 0 Å². The van der Waals surface area contributed by atoms with Crippen molar-refractivity contribution in [3.8, 4) is 0 Å². The smallest absolute Gasteiger partial charge is 0.249 e. The lowest BCUT2D eigenvalue weighted by Crippen LogP contribution is -2.59. The second-order valence-electron chi connectivity index (χ2n) is 18.9. The SMILES string of the molecule is CC(C)(C)c1ccc(N2c3cc4oc5ccccc5c4cc3B3c4ccc(N(c5ccc6ccc7ccccc7c6c5)c5ccc6oc7ccccc7c6c5)cc4Sc4cccc2c43)cc1. The zero-order chi connectivity index (χ0) is 43.8. The molecule has 0 bridgehead atoms. The number of fused-ring (bicyclic) bond motifs is 13. The minimum atomic E-state index is 0.00814. The molecular formula is C60H41BN2O2S. The van der Waals surface area contributed by atoms with Crippen LogP contribution in [0.4, 0.5) is 34.1 Å². The predicted octanol–water partition coefficient (Wildman–Crippen LogP) is 15.3. The second kappa shape index (κ2) is 13.9. The van der Waals surface area contributed by atoms with Gasteiger partial charge in [-0.1, -0.05) is 147 Å². The topological polar surface area (TPSA) is 32.8 Å². The third-order valence-electron chi connectivity index (χ3n) is 14.0. The Hall–Kier alpha value is -7.67. The zero-order valence-electron chi connectivity index (χ0n) is 36.7. The van der Waals surface area contributed by atoms with Gasteiger partial charge in [-0.3, -0.25) is 0 Å². The summed E-state index contributed by atoms with van der Waals surface area (Å²) in [6, 6.07) is 71.3. The van der Waals surface area contributed by atoms with Gasteiger partial charge in [0.15, 0.2) is 0 Å². The first-order chi connectivity index (χ1) is 32.3. The molecule has 2 aliphatic heterocycles. The van der Waals surface area contributed by atoms with Crippen LogP contribution in [0.1, 0.15) is 26.3 Å². The van der Waals surface area contributed by atoms with E-state index in [1.165, 1.54) is 59.0 Å². The van der Waals surface area contributed by atoms with E-state index in [-0.39, 0.29) is 12.1 Å². The Morgan fingerprint density at radius 3 is 1.82 bits per heavy atom. The normalized spacial score (nSPS) is 13.3. The van der Waals surface area contributed by atoms with E-state index in [2.05, 4.69) is 219 Å². The van der Waals surface area contributed by atoms with Crippen molar-refractivity contribution in [1.29, 1.82) is 0 Å². The zero-order valence-corrected chi connectivity index (χ0v) is 37.5. The van der Waals surface area contributed by atoms with Crippen LogP contribution in [0.3, 0.4) is 0 Å². The van der Waals surface area contributed by atoms with Crippen LogP contribution >= 0.6 is 11.8 Å². The van der Waals surface area contributed by atoms with Crippen molar-refractivity contribution in [3.63, 3.8) is 0 Å². The fourth-order valence-corrected chi connectivity index (χ4v) is 12.0. The number of para-hydroxylation sites is 2. The highest BCUT2D eigenvalue weighted by molar-refractivity contribution is 8.00. The first-order valence-corrected chi connectivity index (χ1v) is 23.6. The average molecular weight is 865 g/mol. The van der Waals surface area contributed by atoms with E-state index in [9.17, 15) is 0 Å². The molecule has 6 heteroatoms. The molecule has 0 unspecified atom stereocenters. The minimum absolute atomic E-state index is 0.00814. The summed E-state index contributed by atoms with van der Waals surface area (Å²) in [6.45, 7) is 6.83. The lowest BCUT2D eigenvalue weighted by Gasteiger charge is -2.40. The van der Waals surface area contributed by atoms with E-state index in [1.54, 1.807) is 0 Å². The predicted molar refractivity (Wildman–Crippen MR) is 279 cm³/mol. The Labute approximate surface area is 386 Å². The van der Waals surface area contributed by atoms with Gasteiger partial charge in [-0.15, -0.1) is 0 Å². The summed E-state index contributed by atoms with van der Waals surface area (Å²) in [7, 11) is 0. The number of rotatable bonds is 4. The maximum absolute atomic E-state index is 6.61. The molecule has 14 rings (SSSR count). The summed E-state index contributed by atoms with van der Waals surface area (Å²) < 4.78 is 13.0. The van der Waals surface area contributed by atoms with Crippen molar-refractivity contribution in [1.82, 2.24) is 0 Å². The van der Waals surface area contributed by atoms with Crippen molar-refractivity contribution in [2.24, 2.45) is 0 Å². The van der Waals surface area contributed by atoms with Crippen molar-refractivity contribution < 1.29 is 8.83 Å². The van der Waals surface area contributed by atoms with Gasteiger partial charge >= 0.3 is 0 Å². The maximum Gasteiger partial charge on any atom is 0.249 e. The van der Waals surface area contributed by atoms with Crippen molar-refractivity contribution in [3.05, 3.63) is 200 Å². The molecule has 0 amide bonds. The van der Waals surface area contributed by atoms with Crippen molar-refractivity contribution in [2.45, 2.75) is 36.0 Å². The fraction of sp³-hybridized carbons (Fsp3) is 0.0667. The largest absolute Gasteiger partial charge is 0.456 e. The summed E-state index contributed by atoms with van der Waals surface area (Å²) in [4.78, 5) is 7.41. The van der Waals surface area contributed by atoms with Gasteiger partial charge in [0.25, 0.3) is 0 Å². The molecule has 2 aromatic heterocycles. The minimum Gasteiger partial charge on any atom is -0.456 e. The number of nitrogens with zero attached hydrogens (tertiary/aromatic N) is 2. The lowest BCUT2D eigenvalue weighted by molar-refractivity contribution is 0.590. The molecule has 0 aliphatic carbocycles. The molecule has 66 heavy (non-hydrogen) atoms. The molecule has 10 aromatic carbocycles. The Balaban J connectivity index is 0.981. The monoisotopic (exact) mass is 864 g/mol. The van der Waals surface area contributed by atoms with E-state index in [1.807, 2.05) is 17.8 Å². The van der Waals surface area contributed by atoms with E-state index in [0.717, 1.165) is 72.3 Å². The third kappa shape index (κ3) is 5.61. The van der Waals surface area contributed by atoms with Crippen LogP contribution in [0.15, 0.2) is 213 Å². The van der Waals surface area contributed by atoms with E-state index in [4.69, 9.17) is 8.83 Å². The first-order valence-electron chi connectivity index (χ1n) is 22.8. The summed E-state index contributed by atoms with van der Waals surface area (Å²) in [5.74, 6) is 0. The van der Waals surface area contributed by atoms with Gasteiger partial charge in [0.1, 0.15) is 22.3 Å². The van der Waals surface area contributed by atoms with Crippen LogP contribution in [-0.4, -0.2) is 6.71 Å². The van der Waals surface area contributed by atoms with Gasteiger partial charge in [-0.25, -0.2) is 0 Å². The molecule has 0 saturated carbocycles. The second-order valence-corrected chi connectivity index (χ2v) is 20.0. The Morgan fingerprint density at radius 1 is 0.439 bits per heavy atom. The van der Waals surface area contributed by atoms with Gasteiger partial charge in [0.05, 0.1) is 0 Å². The molecule has 0 spiro atoms. The van der Waals surface area contributed by atoms with Gasteiger partial charge in [-0.05, 0) is 122 Å². The van der Waals surface area contributed by atoms with Crippen LogP contribution in [-0.2, 0) is 5.41 Å². The van der Waals surface area contributed by atoms with Crippen LogP contribution in [0, 0.1) is 0 Å². The van der Waals surface area contributed by atoms with E-state index in [0.29, 0.717) is 0 Å². The number of furan rings is 2. The molecule has 2 aliphatic rings. The molecular weight excluding hydrogens is 824 g/mol. The Bertz CT molecular complexity index is 3990. The number of anilines is 6. The lowest BCUT2D eigenvalue weighted by atomic mass is 9.35. The standard InChI is InChI=1S/C60H41BN2O2S/c1-60(2,3)38-22-25-39(26-23-38)63-51-15-10-18-57-59(51)61(50-34-48-45-14-7-9-17-54(45)65-56(48)35-52(50)63)49-29-27-42(33-58(49)66-57)62(41-28-30-55-47(32-41)44-13-6-8-16-53(44)64-55)40-24-21-37-20-19-36-11-4-5-12-43(36)46(37)31-40/h4-35H,1-3H3. The molecule has 12 aromatic rings. The molecule has 0 N–H and O–H groups in total. The average Bonchev–Trinajstić information content (AvgIpc) is 3.90. The quantitative estimate of drug-likeness (QED) is 0.130. The summed E-state index contributed by atoms with van der Waals surface area (Å²) in [6.07, 6.45) is 0. The van der Waals surface area contributed by atoms with Gasteiger partial charge in [0, 0.05) is 71.5 Å². The number of hydrogen-bond acceptors (Lipinski definition) is 5. The van der Waals surface area contributed by atoms with Crippen molar-refractivity contribution >= 4 is 134 Å². The molecule has 0 radical (unpaired) electrons.